The molecule has 0 aliphatic rings. The molecule has 0 heterocycles. The molecular weight excluding hydrogens is 219 g/mol. The molecule has 0 unspecified atom stereocenters. The fourth-order valence-corrected chi connectivity index (χ4v) is 1.57. The third-order valence-electron chi connectivity index (χ3n) is 2.31. The number of amides is 1. The standard InChI is InChI=1S/C13H19FN2O/c1-9(2)7-13(17)15-11-8-10(14)5-6-12(11)16(3)4/h5-6,8-9H,7H2,1-4H3,(H,15,17). The first kappa shape index (κ1) is 13.5. The quantitative estimate of drug-likeness (QED) is 0.874. The highest BCUT2D eigenvalue weighted by molar-refractivity contribution is 5.94. The SMILES string of the molecule is CC(C)CC(=O)Nc1cc(F)ccc1N(C)C. The number of halogens is 1. The molecule has 17 heavy (non-hydrogen) atoms. The molecule has 0 saturated heterocycles. The lowest BCUT2D eigenvalue weighted by atomic mass is 10.1. The zero-order valence-corrected chi connectivity index (χ0v) is 10.7. The van der Waals surface area contributed by atoms with Crippen molar-refractivity contribution in [2.24, 2.45) is 5.92 Å². The number of carbonyl (C=O) groups is 1. The number of carbonyl (C=O) groups excluding carboxylic acids is 1. The smallest absolute Gasteiger partial charge is 0.224 e. The molecule has 0 bridgehead atoms. The summed E-state index contributed by atoms with van der Waals surface area (Å²) < 4.78 is 13.2. The molecule has 0 radical (unpaired) electrons. The van der Waals surface area contributed by atoms with Crippen molar-refractivity contribution in [1.29, 1.82) is 0 Å². The summed E-state index contributed by atoms with van der Waals surface area (Å²) in [5.74, 6) is -0.157. The average molecular weight is 238 g/mol. The van der Waals surface area contributed by atoms with Crippen LogP contribution in [0.4, 0.5) is 15.8 Å². The van der Waals surface area contributed by atoms with Crippen molar-refractivity contribution in [3.8, 4) is 0 Å². The second-order valence-electron chi connectivity index (χ2n) is 4.70. The van der Waals surface area contributed by atoms with E-state index in [1.807, 2.05) is 32.8 Å². The number of hydrogen-bond donors (Lipinski definition) is 1. The number of anilines is 2. The Morgan fingerprint density at radius 3 is 2.59 bits per heavy atom. The van der Waals surface area contributed by atoms with E-state index in [0.717, 1.165) is 5.69 Å². The Balaban J connectivity index is 2.88. The van der Waals surface area contributed by atoms with Gasteiger partial charge in [0.2, 0.25) is 5.91 Å². The minimum atomic E-state index is -0.351. The van der Waals surface area contributed by atoms with Crippen LogP contribution in [-0.2, 0) is 4.79 Å². The van der Waals surface area contributed by atoms with Crippen LogP contribution < -0.4 is 10.2 Å². The molecule has 1 rings (SSSR count). The summed E-state index contributed by atoms with van der Waals surface area (Å²) in [5, 5.41) is 2.74. The maximum absolute atomic E-state index is 13.2. The third kappa shape index (κ3) is 4.06. The van der Waals surface area contributed by atoms with Gasteiger partial charge in [-0.05, 0) is 24.1 Å². The Bertz CT molecular complexity index is 402. The molecule has 1 N–H and O–H groups in total. The molecule has 0 aliphatic heterocycles. The summed E-state index contributed by atoms with van der Waals surface area (Å²) in [7, 11) is 3.71. The molecular formula is C13H19FN2O. The van der Waals surface area contributed by atoms with Gasteiger partial charge in [-0.3, -0.25) is 4.79 Å². The maximum atomic E-state index is 13.2. The fourth-order valence-electron chi connectivity index (χ4n) is 1.57. The monoisotopic (exact) mass is 238 g/mol. The van der Waals surface area contributed by atoms with Crippen LogP contribution in [-0.4, -0.2) is 20.0 Å². The lowest BCUT2D eigenvalue weighted by Gasteiger charge is -2.18. The first-order chi connectivity index (χ1) is 7.90. The topological polar surface area (TPSA) is 32.3 Å². The van der Waals surface area contributed by atoms with Crippen LogP contribution in [0.25, 0.3) is 0 Å². The van der Waals surface area contributed by atoms with Gasteiger partial charge in [-0.15, -0.1) is 0 Å². The highest BCUT2D eigenvalue weighted by atomic mass is 19.1. The van der Waals surface area contributed by atoms with Crippen molar-refractivity contribution in [2.75, 3.05) is 24.3 Å². The predicted octanol–water partition coefficient (Wildman–Crippen LogP) is 2.88. The number of nitrogens with one attached hydrogen (secondary N) is 1. The van der Waals surface area contributed by atoms with E-state index >= 15 is 0 Å². The number of nitrogens with zero attached hydrogens (tertiary/aromatic N) is 1. The molecule has 0 atom stereocenters. The lowest BCUT2D eigenvalue weighted by molar-refractivity contribution is -0.116. The summed E-state index contributed by atoms with van der Waals surface area (Å²) in [6.07, 6.45) is 0.434. The maximum Gasteiger partial charge on any atom is 0.224 e. The van der Waals surface area contributed by atoms with Crippen molar-refractivity contribution in [1.82, 2.24) is 0 Å². The van der Waals surface area contributed by atoms with Crippen molar-refractivity contribution < 1.29 is 9.18 Å². The van der Waals surface area contributed by atoms with Gasteiger partial charge in [0.05, 0.1) is 11.4 Å². The molecule has 1 amide bonds. The molecule has 94 valence electrons. The average Bonchev–Trinajstić information content (AvgIpc) is 2.15. The third-order valence-corrected chi connectivity index (χ3v) is 2.31. The molecule has 0 aliphatic carbocycles. The minimum Gasteiger partial charge on any atom is -0.376 e. The minimum absolute atomic E-state index is 0.0892. The van der Waals surface area contributed by atoms with Gasteiger partial charge in [-0.1, -0.05) is 13.8 Å². The number of rotatable bonds is 4. The second kappa shape index (κ2) is 5.66. The normalized spacial score (nSPS) is 10.5. The molecule has 4 heteroatoms. The van der Waals surface area contributed by atoms with E-state index in [2.05, 4.69) is 5.32 Å². The van der Waals surface area contributed by atoms with E-state index in [1.165, 1.54) is 12.1 Å². The highest BCUT2D eigenvalue weighted by Crippen LogP contribution is 2.25. The van der Waals surface area contributed by atoms with Crippen molar-refractivity contribution in [3.63, 3.8) is 0 Å². The molecule has 1 aromatic rings. The van der Waals surface area contributed by atoms with Gasteiger partial charge in [0.25, 0.3) is 0 Å². The van der Waals surface area contributed by atoms with E-state index in [4.69, 9.17) is 0 Å². The van der Waals surface area contributed by atoms with E-state index in [9.17, 15) is 9.18 Å². The van der Waals surface area contributed by atoms with E-state index < -0.39 is 0 Å². The van der Waals surface area contributed by atoms with Crippen LogP contribution in [0, 0.1) is 11.7 Å². The second-order valence-corrected chi connectivity index (χ2v) is 4.70. The molecule has 0 aromatic heterocycles. The Morgan fingerprint density at radius 2 is 2.06 bits per heavy atom. The zero-order chi connectivity index (χ0) is 13.0. The van der Waals surface area contributed by atoms with Crippen molar-refractivity contribution in [3.05, 3.63) is 24.0 Å². The predicted molar refractivity (Wildman–Crippen MR) is 68.8 cm³/mol. The Kier molecular flexibility index (Phi) is 4.49. The van der Waals surface area contributed by atoms with Gasteiger partial charge in [-0.25, -0.2) is 4.39 Å². The van der Waals surface area contributed by atoms with Crippen LogP contribution in [0.2, 0.25) is 0 Å². The van der Waals surface area contributed by atoms with Gasteiger partial charge in [0, 0.05) is 20.5 Å². The van der Waals surface area contributed by atoms with Gasteiger partial charge in [0.1, 0.15) is 5.82 Å². The zero-order valence-electron chi connectivity index (χ0n) is 10.7. The van der Waals surface area contributed by atoms with Gasteiger partial charge in [0.15, 0.2) is 0 Å². The number of benzene rings is 1. The summed E-state index contributed by atoms with van der Waals surface area (Å²) >= 11 is 0. The lowest BCUT2D eigenvalue weighted by Crippen LogP contribution is -2.18. The first-order valence-electron chi connectivity index (χ1n) is 5.67. The Labute approximate surface area is 102 Å². The molecule has 1 aromatic carbocycles. The van der Waals surface area contributed by atoms with Crippen LogP contribution in [0.15, 0.2) is 18.2 Å². The molecule has 0 spiro atoms. The summed E-state index contributed by atoms with van der Waals surface area (Å²) in [6, 6.07) is 4.38. The molecule has 0 fully saturated rings. The fraction of sp³-hybridized carbons (Fsp3) is 0.462. The van der Waals surface area contributed by atoms with Gasteiger partial charge in [-0.2, -0.15) is 0 Å². The van der Waals surface area contributed by atoms with Crippen molar-refractivity contribution in [2.45, 2.75) is 20.3 Å². The van der Waals surface area contributed by atoms with E-state index in [0.29, 0.717) is 12.1 Å². The van der Waals surface area contributed by atoms with Crippen LogP contribution in [0.3, 0.4) is 0 Å². The summed E-state index contributed by atoms with van der Waals surface area (Å²) in [4.78, 5) is 13.5. The summed E-state index contributed by atoms with van der Waals surface area (Å²) in [5.41, 5.74) is 1.31. The van der Waals surface area contributed by atoms with Crippen LogP contribution in [0.5, 0.6) is 0 Å². The van der Waals surface area contributed by atoms with Crippen molar-refractivity contribution >= 4 is 17.3 Å². The number of hydrogen-bond acceptors (Lipinski definition) is 2. The first-order valence-corrected chi connectivity index (χ1v) is 5.67. The van der Waals surface area contributed by atoms with Crippen LogP contribution in [0.1, 0.15) is 20.3 Å². The van der Waals surface area contributed by atoms with Gasteiger partial charge < -0.3 is 10.2 Å². The molecule has 0 saturated carbocycles. The highest BCUT2D eigenvalue weighted by Gasteiger charge is 2.10. The van der Waals surface area contributed by atoms with E-state index in [-0.39, 0.29) is 17.6 Å². The van der Waals surface area contributed by atoms with Crippen LogP contribution >= 0.6 is 0 Å². The Morgan fingerprint density at radius 1 is 1.41 bits per heavy atom. The summed E-state index contributed by atoms with van der Waals surface area (Å²) in [6.45, 7) is 3.94. The Hall–Kier alpha value is -1.58. The van der Waals surface area contributed by atoms with E-state index in [1.54, 1.807) is 6.07 Å². The largest absolute Gasteiger partial charge is 0.376 e. The van der Waals surface area contributed by atoms with Gasteiger partial charge >= 0.3 is 0 Å². The molecule has 3 nitrogen and oxygen atoms in total.